The van der Waals surface area contributed by atoms with Gasteiger partial charge >= 0.3 is 5.97 Å². The molecule has 2 N–H and O–H groups in total. The molecule has 1 aromatic rings. The molecule has 1 aromatic heterocycles. The van der Waals surface area contributed by atoms with Gasteiger partial charge in [0.15, 0.2) is 0 Å². The second-order valence-corrected chi connectivity index (χ2v) is 4.67. The third-order valence-electron chi connectivity index (χ3n) is 3.07. The van der Waals surface area contributed by atoms with E-state index in [-0.39, 0.29) is 18.2 Å². The van der Waals surface area contributed by atoms with E-state index >= 15 is 0 Å². The van der Waals surface area contributed by atoms with Crippen molar-refractivity contribution in [1.29, 1.82) is 0 Å². The predicted octanol–water partition coefficient (Wildman–Crippen LogP) is 1.56. The van der Waals surface area contributed by atoms with Crippen LogP contribution in [0.15, 0.2) is 12.1 Å². The number of carboxylic acid groups (broad SMARTS) is 1. The monoisotopic (exact) mass is 252 g/mol. The zero-order valence-corrected chi connectivity index (χ0v) is 11.1. The molecule has 5 heteroatoms. The highest BCUT2D eigenvalue weighted by Crippen LogP contribution is 2.07. The normalized spacial score (nSPS) is 12.2. The van der Waals surface area contributed by atoms with Crippen LogP contribution in [0.2, 0.25) is 0 Å². The molecule has 0 saturated carbocycles. The molecule has 0 aliphatic rings. The van der Waals surface area contributed by atoms with Gasteiger partial charge in [-0.05, 0) is 31.4 Å². The van der Waals surface area contributed by atoms with Gasteiger partial charge in [0.25, 0.3) is 5.91 Å². The van der Waals surface area contributed by atoms with E-state index in [2.05, 4.69) is 5.32 Å². The van der Waals surface area contributed by atoms with Crippen LogP contribution >= 0.6 is 0 Å². The van der Waals surface area contributed by atoms with E-state index in [1.165, 1.54) is 0 Å². The van der Waals surface area contributed by atoms with E-state index in [1.54, 1.807) is 6.07 Å². The number of hydrogen-bond acceptors (Lipinski definition) is 2. The Balaban J connectivity index is 2.42. The second-order valence-electron chi connectivity index (χ2n) is 4.67. The number of aliphatic carboxylic acids is 1. The van der Waals surface area contributed by atoms with Crippen LogP contribution in [0.1, 0.15) is 35.9 Å². The number of amides is 1. The van der Waals surface area contributed by atoms with E-state index in [4.69, 9.17) is 5.11 Å². The van der Waals surface area contributed by atoms with Gasteiger partial charge in [-0.25, -0.2) is 0 Å². The lowest BCUT2D eigenvalue weighted by molar-refractivity contribution is -0.137. The maximum absolute atomic E-state index is 11.9. The van der Waals surface area contributed by atoms with Gasteiger partial charge in [0.2, 0.25) is 0 Å². The lowest BCUT2D eigenvalue weighted by Crippen LogP contribution is -2.30. The number of hydrogen-bond donors (Lipinski definition) is 2. The molecule has 0 aromatic carbocycles. The zero-order valence-electron chi connectivity index (χ0n) is 11.1. The molecule has 0 fully saturated rings. The lowest BCUT2D eigenvalue weighted by atomic mass is 10.1. The summed E-state index contributed by atoms with van der Waals surface area (Å²) in [6.45, 7) is 4.36. The van der Waals surface area contributed by atoms with Gasteiger partial charge in [0, 0.05) is 25.7 Å². The van der Waals surface area contributed by atoms with Crippen molar-refractivity contribution in [1.82, 2.24) is 9.88 Å². The van der Waals surface area contributed by atoms with Crippen molar-refractivity contribution in [2.45, 2.75) is 26.7 Å². The molecule has 0 spiro atoms. The fourth-order valence-electron chi connectivity index (χ4n) is 1.67. The van der Waals surface area contributed by atoms with E-state index in [0.717, 1.165) is 5.69 Å². The summed E-state index contributed by atoms with van der Waals surface area (Å²) in [7, 11) is 1.85. The fourth-order valence-corrected chi connectivity index (χ4v) is 1.67. The summed E-state index contributed by atoms with van der Waals surface area (Å²) >= 11 is 0. The summed E-state index contributed by atoms with van der Waals surface area (Å²) in [5.74, 6) is -0.759. The average molecular weight is 252 g/mol. The number of carboxylic acids is 1. The summed E-state index contributed by atoms with van der Waals surface area (Å²) in [5.41, 5.74) is 1.65. The first-order chi connectivity index (χ1) is 8.41. The Labute approximate surface area is 107 Å². The number of aryl methyl sites for hydroxylation is 1. The second kappa shape index (κ2) is 6.23. The highest BCUT2D eigenvalue weighted by molar-refractivity contribution is 5.92. The highest BCUT2D eigenvalue weighted by Gasteiger charge is 2.12. The van der Waals surface area contributed by atoms with Gasteiger partial charge < -0.3 is 15.0 Å². The Morgan fingerprint density at radius 1 is 1.44 bits per heavy atom. The number of carbonyl (C=O) groups excluding carboxylic acids is 1. The van der Waals surface area contributed by atoms with Crippen molar-refractivity contribution in [2.24, 2.45) is 13.0 Å². The minimum Gasteiger partial charge on any atom is -0.481 e. The molecule has 1 heterocycles. The Hall–Kier alpha value is -1.78. The molecule has 0 aliphatic heterocycles. The Bertz CT molecular complexity index is 437. The number of rotatable bonds is 6. The molecular weight excluding hydrogens is 232 g/mol. The molecule has 0 bridgehead atoms. The average Bonchev–Trinajstić information content (AvgIpc) is 2.64. The maximum atomic E-state index is 11.9. The third-order valence-corrected chi connectivity index (χ3v) is 3.07. The van der Waals surface area contributed by atoms with Gasteiger partial charge in [0.1, 0.15) is 5.69 Å². The highest BCUT2D eigenvalue weighted by atomic mass is 16.4. The number of nitrogens with zero attached hydrogens (tertiary/aromatic N) is 1. The number of nitrogens with one attached hydrogen (secondary N) is 1. The molecule has 1 amide bonds. The first-order valence-corrected chi connectivity index (χ1v) is 6.04. The molecule has 5 nitrogen and oxygen atoms in total. The van der Waals surface area contributed by atoms with Gasteiger partial charge in [-0.3, -0.25) is 9.59 Å². The quantitative estimate of drug-likeness (QED) is 0.807. The number of carbonyl (C=O) groups is 2. The Morgan fingerprint density at radius 3 is 2.61 bits per heavy atom. The van der Waals surface area contributed by atoms with Crippen molar-refractivity contribution in [3.05, 3.63) is 23.5 Å². The smallest absolute Gasteiger partial charge is 0.303 e. The molecule has 0 aliphatic carbocycles. The molecule has 1 rings (SSSR count). The van der Waals surface area contributed by atoms with E-state index in [0.29, 0.717) is 18.7 Å². The molecular formula is C13H20N2O3. The molecule has 1 unspecified atom stereocenters. The van der Waals surface area contributed by atoms with Crippen LogP contribution in [0.5, 0.6) is 0 Å². The van der Waals surface area contributed by atoms with Crippen LogP contribution < -0.4 is 5.32 Å². The van der Waals surface area contributed by atoms with Crippen LogP contribution in [0.4, 0.5) is 0 Å². The molecule has 0 saturated heterocycles. The Morgan fingerprint density at radius 2 is 2.11 bits per heavy atom. The van der Waals surface area contributed by atoms with Gasteiger partial charge in [-0.1, -0.05) is 6.92 Å². The third kappa shape index (κ3) is 3.91. The first-order valence-electron chi connectivity index (χ1n) is 6.04. The standard InChI is InChI=1S/C13H20N2O3/c1-9(4-7-12(16)17)8-14-13(18)11-6-5-10(2)15(11)3/h5-6,9H,4,7-8H2,1-3H3,(H,14,18)(H,16,17). The summed E-state index contributed by atoms with van der Waals surface area (Å²) in [4.78, 5) is 22.3. The topological polar surface area (TPSA) is 71.3 Å². The van der Waals surface area contributed by atoms with E-state index in [9.17, 15) is 9.59 Å². The first kappa shape index (κ1) is 14.3. The van der Waals surface area contributed by atoms with Crippen molar-refractivity contribution in [3.63, 3.8) is 0 Å². The molecule has 18 heavy (non-hydrogen) atoms. The minimum absolute atomic E-state index is 0.118. The van der Waals surface area contributed by atoms with Gasteiger partial charge in [-0.2, -0.15) is 0 Å². The van der Waals surface area contributed by atoms with E-state index < -0.39 is 5.97 Å². The largest absolute Gasteiger partial charge is 0.481 e. The van der Waals surface area contributed by atoms with Crippen molar-refractivity contribution in [2.75, 3.05) is 6.54 Å². The fraction of sp³-hybridized carbons (Fsp3) is 0.538. The van der Waals surface area contributed by atoms with Gasteiger partial charge in [0.05, 0.1) is 0 Å². The summed E-state index contributed by atoms with van der Waals surface area (Å²) in [6, 6.07) is 3.68. The summed E-state index contributed by atoms with van der Waals surface area (Å²) in [5, 5.41) is 11.4. The predicted molar refractivity (Wildman–Crippen MR) is 68.5 cm³/mol. The minimum atomic E-state index is -0.800. The Kier molecular flexibility index (Phi) is 4.95. The zero-order chi connectivity index (χ0) is 13.7. The SMILES string of the molecule is Cc1ccc(C(=O)NCC(C)CCC(=O)O)n1C. The van der Waals surface area contributed by atoms with Crippen molar-refractivity contribution >= 4 is 11.9 Å². The van der Waals surface area contributed by atoms with E-state index in [1.807, 2.05) is 31.5 Å². The van der Waals surface area contributed by atoms with Crippen LogP contribution in [-0.4, -0.2) is 28.1 Å². The van der Waals surface area contributed by atoms with Crippen molar-refractivity contribution in [3.8, 4) is 0 Å². The number of aromatic nitrogens is 1. The van der Waals surface area contributed by atoms with Crippen LogP contribution in [0.25, 0.3) is 0 Å². The summed E-state index contributed by atoms with van der Waals surface area (Å²) < 4.78 is 1.83. The summed E-state index contributed by atoms with van der Waals surface area (Å²) in [6.07, 6.45) is 0.710. The maximum Gasteiger partial charge on any atom is 0.303 e. The lowest BCUT2D eigenvalue weighted by Gasteiger charge is -2.12. The van der Waals surface area contributed by atoms with Crippen LogP contribution in [0, 0.1) is 12.8 Å². The van der Waals surface area contributed by atoms with Crippen LogP contribution in [0.3, 0.4) is 0 Å². The van der Waals surface area contributed by atoms with Gasteiger partial charge in [-0.15, -0.1) is 0 Å². The van der Waals surface area contributed by atoms with Crippen LogP contribution in [-0.2, 0) is 11.8 Å². The van der Waals surface area contributed by atoms with Crippen molar-refractivity contribution < 1.29 is 14.7 Å². The molecule has 0 radical (unpaired) electrons. The molecule has 1 atom stereocenters. The molecule has 100 valence electrons.